The largest absolute Gasteiger partial charge is 0.493 e. The fraction of sp³-hybridized carbons (Fsp3) is 0.529. The van der Waals surface area contributed by atoms with Crippen LogP contribution in [0.3, 0.4) is 0 Å². The van der Waals surface area contributed by atoms with Crippen LogP contribution in [0.2, 0.25) is 0 Å². The zero-order chi connectivity index (χ0) is 17.4. The molecule has 6 heteroatoms. The monoisotopic (exact) mass is 323 g/mol. The van der Waals surface area contributed by atoms with Crippen LogP contribution >= 0.6 is 0 Å². The minimum absolute atomic E-state index is 0.204. The third kappa shape index (κ3) is 7.04. The molecule has 0 aliphatic heterocycles. The molecule has 0 heterocycles. The van der Waals surface area contributed by atoms with Crippen LogP contribution in [0.5, 0.6) is 11.5 Å². The van der Waals surface area contributed by atoms with E-state index in [1.807, 2.05) is 6.07 Å². The van der Waals surface area contributed by atoms with Crippen LogP contribution in [0.1, 0.15) is 27.7 Å². The number of carboxylic acids is 1. The van der Waals surface area contributed by atoms with E-state index in [1.165, 1.54) is 0 Å². The van der Waals surface area contributed by atoms with Crippen molar-refractivity contribution in [2.45, 2.75) is 33.7 Å². The molecule has 1 aromatic rings. The van der Waals surface area contributed by atoms with Crippen LogP contribution in [0, 0.1) is 11.8 Å². The number of hydrogen-bond acceptors (Lipinski definition) is 4. The summed E-state index contributed by atoms with van der Waals surface area (Å²) in [4.78, 5) is 22.9. The minimum Gasteiger partial charge on any atom is -0.493 e. The van der Waals surface area contributed by atoms with Gasteiger partial charge in [0, 0.05) is 6.07 Å². The van der Waals surface area contributed by atoms with Crippen molar-refractivity contribution >= 4 is 11.9 Å². The van der Waals surface area contributed by atoms with E-state index in [-0.39, 0.29) is 12.5 Å². The topological polar surface area (TPSA) is 84.9 Å². The lowest BCUT2D eigenvalue weighted by Gasteiger charge is -2.18. The Morgan fingerprint density at radius 2 is 1.74 bits per heavy atom. The number of nitrogens with one attached hydrogen (secondary N) is 1. The molecular weight excluding hydrogens is 298 g/mol. The molecule has 0 saturated carbocycles. The first-order valence-electron chi connectivity index (χ1n) is 7.67. The molecule has 0 aliphatic carbocycles. The Morgan fingerprint density at radius 1 is 1.13 bits per heavy atom. The summed E-state index contributed by atoms with van der Waals surface area (Å²) in [5, 5.41) is 11.5. The lowest BCUT2D eigenvalue weighted by Crippen LogP contribution is -2.46. The number of carbonyl (C=O) groups excluding carboxylic acids is 1. The highest BCUT2D eigenvalue weighted by molar-refractivity contribution is 5.84. The number of benzene rings is 1. The summed E-state index contributed by atoms with van der Waals surface area (Å²) >= 11 is 0. The maximum absolute atomic E-state index is 11.8. The van der Waals surface area contributed by atoms with Gasteiger partial charge < -0.3 is 19.9 Å². The number of carboxylic acid groups (broad SMARTS) is 1. The number of aliphatic carboxylic acids is 1. The van der Waals surface area contributed by atoms with Gasteiger partial charge in [-0.1, -0.05) is 33.8 Å². The van der Waals surface area contributed by atoms with Crippen molar-refractivity contribution in [3.8, 4) is 11.5 Å². The van der Waals surface area contributed by atoms with Gasteiger partial charge in [0.1, 0.15) is 17.5 Å². The first-order valence-corrected chi connectivity index (χ1v) is 7.67. The van der Waals surface area contributed by atoms with Gasteiger partial charge in [0.15, 0.2) is 6.61 Å². The van der Waals surface area contributed by atoms with E-state index in [9.17, 15) is 9.59 Å². The first-order chi connectivity index (χ1) is 10.8. The zero-order valence-electron chi connectivity index (χ0n) is 14.0. The van der Waals surface area contributed by atoms with Crippen molar-refractivity contribution in [3.05, 3.63) is 24.3 Å². The average Bonchev–Trinajstić information content (AvgIpc) is 2.48. The molecule has 1 aromatic carbocycles. The third-order valence-corrected chi connectivity index (χ3v) is 3.01. The molecule has 0 aliphatic rings. The molecule has 0 aromatic heterocycles. The molecular formula is C17H25NO5. The van der Waals surface area contributed by atoms with Crippen LogP contribution in [0.4, 0.5) is 0 Å². The average molecular weight is 323 g/mol. The highest BCUT2D eigenvalue weighted by Gasteiger charge is 2.23. The molecule has 1 atom stereocenters. The Balaban J connectivity index is 2.52. The number of carbonyl (C=O) groups is 2. The Bertz CT molecular complexity index is 527. The summed E-state index contributed by atoms with van der Waals surface area (Å²) in [7, 11) is 0. The Hall–Kier alpha value is -2.24. The van der Waals surface area contributed by atoms with E-state index >= 15 is 0 Å². The zero-order valence-corrected chi connectivity index (χ0v) is 14.0. The van der Waals surface area contributed by atoms with E-state index in [4.69, 9.17) is 14.6 Å². The maximum Gasteiger partial charge on any atom is 0.326 e. The quantitative estimate of drug-likeness (QED) is 0.728. The van der Waals surface area contributed by atoms with Gasteiger partial charge in [-0.15, -0.1) is 0 Å². The number of rotatable bonds is 9. The Kier molecular flexibility index (Phi) is 7.38. The normalized spacial score (nSPS) is 12.1. The van der Waals surface area contributed by atoms with E-state index in [0.717, 1.165) is 0 Å². The molecule has 0 fully saturated rings. The molecule has 2 N–H and O–H groups in total. The van der Waals surface area contributed by atoms with Gasteiger partial charge in [-0.05, 0) is 24.0 Å². The van der Waals surface area contributed by atoms with E-state index in [0.29, 0.717) is 24.0 Å². The SMILES string of the molecule is CC(C)COc1cccc(OCC(=O)N[C@@H](C(=O)O)C(C)C)c1. The van der Waals surface area contributed by atoms with Crippen molar-refractivity contribution in [2.75, 3.05) is 13.2 Å². The maximum atomic E-state index is 11.8. The van der Waals surface area contributed by atoms with E-state index in [2.05, 4.69) is 19.2 Å². The molecule has 0 spiro atoms. The van der Waals surface area contributed by atoms with Crippen molar-refractivity contribution in [1.82, 2.24) is 5.32 Å². The van der Waals surface area contributed by atoms with Gasteiger partial charge >= 0.3 is 5.97 Å². The Morgan fingerprint density at radius 3 is 2.26 bits per heavy atom. The Labute approximate surface area is 136 Å². The lowest BCUT2D eigenvalue weighted by molar-refractivity contribution is -0.143. The second-order valence-corrected chi connectivity index (χ2v) is 6.10. The van der Waals surface area contributed by atoms with Gasteiger partial charge in [0.05, 0.1) is 6.61 Å². The standard InChI is InChI=1S/C17H25NO5/c1-11(2)9-22-13-6-5-7-14(8-13)23-10-15(19)18-16(12(3)4)17(20)21/h5-8,11-12,16H,9-10H2,1-4H3,(H,18,19)(H,20,21)/t16-/m1/s1. The second-order valence-electron chi connectivity index (χ2n) is 6.10. The molecule has 0 bridgehead atoms. The summed E-state index contributed by atoms with van der Waals surface area (Å²) in [5.74, 6) is -0.157. The van der Waals surface area contributed by atoms with Crippen molar-refractivity contribution in [1.29, 1.82) is 0 Å². The van der Waals surface area contributed by atoms with Crippen LogP contribution in [0.15, 0.2) is 24.3 Å². The summed E-state index contributed by atoms with van der Waals surface area (Å²) in [6, 6.07) is 6.08. The van der Waals surface area contributed by atoms with Crippen molar-refractivity contribution < 1.29 is 24.2 Å². The van der Waals surface area contributed by atoms with Gasteiger partial charge in [-0.25, -0.2) is 4.79 Å². The molecule has 128 valence electrons. The van der Waals surface area contributed by atoms with Crippen LogP contribution < -0.4 is 14.8 Å². The number of ether oxygens (including phenoxy) is 2. The summed E-state index contributed by atoms with van der Waals surface area (Å²) in [6.45, 7) is 7.92. The first kappa shape index (κ1) is 18.8. The summed E-state index contributed by atoms with van der Waals surface area (Å²) in [6.07, 6.45) is 0. The highest BCUT2D eigenvalue weighted by atomic mass is 16.5. The van der Waals surface area contributed by atoms with Crippen LogP contribution in [0.25, 0.3) is 0 Å². The highest BCUT2D eigenvalue weighted by Crippen LogP contribution is 2.19. The van der Waals surface area contributed by atoms with E-state index < -0.39 is 17.9 Å². The van der Waals surface area contributed by atoms with Crippen LogP contribution in [-0.2, 0) is 9.59 Å². The summed E-state index contributed by atoms with van der Waals surface area (Å²) in [5.41, 5.74) is 0. The molecule has 1 rings (SSSR count). The summed E-state index contributed by atoms with van der Waals surface area (Å²) < 4.78 is 11.0. The smallest absolute Gasteiger partial charge is 0.326 e. The fourth-order valence-corrected chi connectivity index (χ4v) is 1.79. The predicted molar refractivity (Wildman–Crippen MR) is 86.7 cm³/mol. The second kappa shape index (κ2) is 9.02. The molecule has 6 nitrogen and oxygen atoms in total. The molecule has 0 radical (unpaired) electrons. The van der Waals surface area contributed by atoms with Gasteiger partial charge in [-0.2, -0.15) is 0 Å². The molecule has 0 saturated heterocycles. The van der Waals surface area contributed by atoms with Gasteiger partial charge in [0.2, 0.25) is 0 Å². The van der Waals surface area contributed by atoms with Crippen LogP contribution in [-0.4, -0.2) is 36.2 Å². The molecule has 1 amide bonds. The van der Waals surface area contributed by atoms with Gasteiger partial charge in [-0.3, -0.25) is 4.79 Å². The van der Waals surface area contributed by atoms with Crippen molar-refractivity contribution in [2.24, 2.45) is 11.8 Å². The minimum atomic E-state index is -1.06. The fourth-order valence-electron chi connectivity index (χ4n) is 1.79. The third-order valence-electron chi connectivity index (χ3n) is 3.01. The molecule has 0 unspecified atom stereocenters. The number of hydrogen-bond donors (Lipinski definition) is 2. The predicted octanol–water partition coefficient (Wildman–Crippen LogP) is 2.33. The molecule has 23 heavy (non-hydrogen) atoms. The van der Waals surface area contributed by atoms with Gasteiger partial charge in [0.25, 0.3) is 5.91 Å². The van der Waals surface area contributed by atoms with E-state index in [1.54, 1.807) is 32.0 Å². The lowest BCUT2D eigenvalue weighted by atomic mass is 10.1. The number of amides is 1. The van der Waals surface area contributed by atoms with Crippen molar-refractivity contribution in [3.63, 3.8) is 0 Å².